The summed E-state index contributed by atoms with van der Waals surface area (Å²) in [5, 5.41) is 10.3. The number of likely N-dealkylation sites (N-methyl/N-ethyl adjacent to an activating group) is 1. The van der Waals surface area contributed by atoms with Gasteiger partial charge in [-0.15, -0.1) is 0 Å². The molecule has 0 radical (unpaired) electrons. The molecule has 0 aliphatic carbocycles. The van der Waals surface area contributed by atoms with Crippen LogP contribution in [0.5, 0.6) is 0 Å². The number of nitrogens with zero attached hydrogens (tertiary/aromatic N) is 5. The van der Waals surface area contributed by atoms with Crippen LogP contribution in [0.1, 0.15) is 79.0 Å². The van der Waals surface area contributed by atoms with E-state index >= 15 is 0 Å². The number of hydrogen-bond acceptors (Lipinski definition) is 8. The zero-order valence-electron chi connectivity index (χ0n) is 29.6. The first-order valence-electron chi connectivity index (χ1n) is 18.2. The Labute approximate surface area is 303 Å². The van der Waals surface area contributed by atoms with Gasteiger partial charge in [0.05, 0.1) is 17.8 Å². The number of anilines is 2. The molecular formula is C39H50BrN7O3. The maximum atomic E-state index is 12.6. The molecule has 0 saturated carbocycles. The van der Waals surface area contributed by atoms with Crippen molar-refractivity contribution in [2.75, 3.05) is 56.5 Å². The number of hydrogen-bond donors (Lipinski definition) is 2. The molecule has 10 nitrogen and oxygen atoms in total. The fourth-order valence-electron chi connectivity index (χ4n) is 8.77. The second-order valence-corrected chi connectivity index (χ2v) is 16.1. The van der Waals surface area contributed by atoms with Crippen LogP contribution in [0.25, 0.3) is 0 Å². The third-order valence-corrected chi connectivity index (χ3v) is 12.7. The van der Waals surface area contributed by atoms with Gasteiger partial charge in [0.1, 0.15) is 4.47 Å². The van der Waals surface area contributed by atoms with Gasteiger partial charge in [0, 0.05) is 57.9 Å². The molecule has 5 heterocycles. The predicted molar refractivity (Wildman–Crippen MR) is 201 cm³/mol. The Morgan fingerprint density at radius 2 is 1.68 bits per heavy atom. The van der Waals surface area contributed by atoms with Crippen LogP contribution in [0.3, 0.4) is 0 Å². The Bertz CT molecular complexity index is 1780. The zero-order valence-corrected chi connectivity index (χ0v) is 31.2. The molecule has 3 unspecified atom stereocenters. The summed E-state index contributed by atoms with van der Waals surface area (Å²) in [6.45, 7) is 9.36. The highest BCUT2D eigenvalue weighted by atomic mass is 79.9. The highest BCUT2D eigenvalue weighted by molar-refractivity contribution is 9.10. The standard InChI is InChI=1S/C39H50BrN7O3/c1-26-4-9-31(21-33(26)32-10-11-35(48)43-37(32)49)47-18-14-39(15-19-47)12-16-46(17-13-39)23-27-5-7-28(8-6-27)29-20-30(25-44(2)24-29)42-34-22-41-45(3)38(50)36(34)40/h4-9,21-22,29-30,32,42H,10-20,23-25H2,1-3H3,(H,43,48,49). The summed E-state index contributed by atoms with van der Waals surface area (Å²) in [6, 6.07) is 16.1. The third-order valence-electron chi connectivity index (χ3n) is 11.9. The Morgan fingerprint density at radius 1 is 0.960 bits per heavy atom. The lowest BCUT2D eigenvalue weighted by Crippen LogP contribution is -2.46. The average molecular weight is 745 g/mol. The number of carbonyl (C=O) groups is 2. The van der Waals surface area contributed by atoms with E-state index in [0.717, 1.165) is 69.0 Å². The number of amides is 2. The molecule has 4 fully saturated rings. The molecule has 266 valence electrons. The summed E-state index contributed by atoms with van der Waals surface area (Å²) in [5.41, 5.74) is 7.16. The van der Waals surface area contributed by atoms with Crippen LogP contribution in [-0.2, 0) is 23.2 Å². The van der Waals surface area contributed by atoms with E-state index in [1.54, 1.807) is 13.2 Å². The fraction of sp³-hybridized carbons (Fsp3) is 0.538. The van der Waals surface area contributed by atoms with E-state index in [0.29, 0.717) is 28.6 Å². The fourth-order valence-corrected chi connectivity index (χ4v) is 9.24. The van der Waals surface area contributed by atoms with Crippen molar-refractivity contribution in [2.45, 2.75) is 76.3 Å². The summed E-state index contributed by atoms with van der Waals surface area (Å²) in [7, 11) is 3.83. The normalized spacial score (nSPS) is 24.7. The van der Waals surface area contributed by atoms with Crippen molar-refractivity contribution >= 4 is 39.1 Å². The van der Waals surface area contributed by atoms with Gasteiger partial charge in [-0.3, -0.25) is 24.6 Å². The maximum Gasteiger partial charge on any atom is 0.282 e. The number of halogens is 1. The molecule has 3 aromatic rings. The number of aryl methyl sites for hydroxylation is 2. The van der Waals surface area contributed by atoms with Gasteiger partial charge >= 0.3 is 0 Å². The smallest absolute Gasteiger partial charge is 0.282 e. The van der Waals surface area contributed by atoms with Gasteiger partial charge in [0.2, 0.25) is 11.8 Å². The monoisotopic (exact) mass is 743 g/mol. The number of likely N-dealkylation sites (tertiary alicyclic amines) is 2. The first-order valence-corrected chi connectivity index (χ1v) is 19.0. The Morgan fingerprint density at radius 3 is 2.40 bits per heavy atom. The number of aromatic nitrogens is 2. The van der Waals surface area contributed by atoms with Crippen molar-refractivity contribution in [1.29, 1.82) is 0 Å². The summed E-state index contributed by atoms with van der Waals surface area (Å²) in [5.74, 6) is -0.147. The maximum absolute atomic E-state index is 12.6. The van der Waals surface area contributed by atoms with Crippen molar-refractivity contribution < 1.29 is 9.59 Å². The van der Waals surface area contributed by atoms with Crippen LogP contribution in [0.2, 0.25) is 0 Å². The summed E-state index contributed by atoms with van der Waals surface area (Å²) >= 11 is 3.46. The Hall–Kier alpha value is -3.54. The van der Waals surface area contributed by atoms with Crippen molar-refractivity contribution in [3.63, 3.8) is 0 Å². The molecule has 4 aliphatic rings. The van der Waals surface area contributed by atoms with Gasteiger partial charge in [-0.25, -0.2) is 4.68 Å². The minimum absolute atomic E-state index is 0.137. The molecule has 4 aliphatic heterocycles. The van der Waals surface area contributed by atoms with Gasteiger partial charge in [-0.2, -0.15) is 5.10 Å². The molecule has 1 aromatic heterocycles. The SMILES string of the molecule is Cc1ccc(N2CCC3(CCN(Cc4ccc(C5CC(Nc6cnn(C)c(=O)c6Br)CN(C)C5)cc4)CC3)CC2)cc1C1CCC(=O)NC1=O. The number of piperidine rings is 4. The van der Waals surface area contributed by atoms with Crippen LogP contribution < -0.4 is 21.1 Å². The van der Waals surface area contributed by atoms with Crippen LogP contribution in [-0.4, -0.2) is 83.8 Å². The molecular weight excluding hydrogens is 694 g/mol. The average Bonchev–Trinajstić information content (AvgIpc) is 3.11. The van der Waals surface area contributed by atoms with Crippen LogP contribution in [0, 0.1) is 12.3 Å². The van der Waals surface area contributed by atoms with E-state index in [2.05, 4.69) is 103 Å². The summed E-state index contributed by atoms with van der Waals surface area (Å²) in [6.07, 6.45) is 8.63. The highest BCUT2D eigenvalue weighted by Crippen LogP contribution is 2.43. The first kappa shape index (κ1) is 34.9. The van der Waals surface area contributed by atoms with Gasteiger partial charge in [0.15, 0.2) is 0 Å². The lowest BCUT2D eigenvalue weighted by molar-refractivity contribution is -0.134. The van der Waals surface area contributed by atoms with Crippen molar-refractivity contribution in [2.24, 2.45) is 12.5 Å². The number of benzene rings is 2. The summed E-state index contributed by atoms with van der Waals surface area (Å²) in [4.78, 5) is 44.2. The molecule has 3 atom stereocenters. The second-order valence-electron chi connectivity index (χ2n) is 15.3. The minimum atomic E-state index is -0.243. The van der Waals surface area contributed by atoms with Crippen molar-refractivity contribution in [1.82, 2.24) is 24.9 Å². The Balaban J connectivity index is 0.900. The molecule has 0 bridgehead atoms. The molecule has 2 aromatic carbocycles. The molecule has 1 spiro atoms. The topological polar surface area (TPSA) is 103 Å². The lowest BCUT2D eigenvalue weighted by atomic mass is 9.71. The molecule has 4 saturated heterocycles. The molecule has 50 heavy (non-hydrogen) atoms. The molecule has 2 amide bonds. The van der Waals surface area contributed by atoms with Crippen LogP contribution in [0.15, 0.2) is 57.9 Å². The molecule has 2 N–H and O–H groups in total. The van der Waals surface area contributed by atoms with Crippen LogP contribution in [0.4, 0.5) is 11.4 Å². The first-order chi connectivity index (χ1) is 24.1. The third kappa shape index (κ3) is 7.55. The largest absolute Gasteiger partial charge is 0.379 e. The van der Waals surface area contributed by atoms with Crippen molar-refractivity contribution in [3.05, 3.63) is 85.7 Å². The van der Waals surface area contributed by atoms with Gasteiger partial charge < -0.3 is 15.1 Å². The number of rotatable bonds is 7. The van der Waals surface area contributed by atoms with Crippen molar-refractivity contribution in [3.8, 4) is 0 Å². The second kappa shape index (κ2) is 14.6. The Kier molecular flexibility index (Phi) is 10.2. The quantitative estimate of drug-likeness (QED) is 0.321. The zero-order chi connectivity index (χ0) is 35.0. The highest BCUT2D eigenvalue weighted by Gasteiger charge is 2.38. The van der Waals surface area contributed by atoms with E-state index < -0.39 is 0 Å². The van der Waals surface area contributed by atoms with E-state index in [9.17, 15) is 14.4 Å². The van der Waals surface area contributed by atoms with Gasteiger partial charge in [-0.1, -0.05) is 30.3 Å². The van der Waals surface area contributed by atoms with E-state index in [1.165, 1.54) is 47.2 Å². The molecule has 11 heteroatoms. The number of imide groups is 1. The minimum Gasteiger partial charge on any atom is -0.379 e. The number of carbonyl (C=O) groups excluding carboxylic acids is 2. The van der Waals surface area contributed by atoms with Crippen LogP contribution >= 0.6 is 15.9 Å². The van der Waals surface area contributed by atoms with E-state index in [4.69, 9.17) is 0 Å². The van der Waals surface area contributed by atoms with Gasteiger partial charge in [-0.05, 0) is 127 Å². The number of nitrogens with one attached hydrogen (secondary N) is 2. The lowest BCUT2D eigenvalue weighted by Gasteiger charge is -2.47. The van der Waals surface area contributed by atoms with E-state index in [1.807, 2.05) is 0 Å². The van der Waals surface area contributed by atoms with E-state index in [-0.39, 0.29) is 29.3 Å². The summed E-state index contributed by atoms with van der Waals surface area (Å²) < 4.78 is 1.87. The molecule has 7 rings (SSSR count). The predicted octanol–water partition coefficient (Wildman–Crippen LogP) is 5.15. The van der Waals surface area contributed by atoms with Gasteiger partial charge in [0.25, 0.3) is 5.56 Å².